The smallest absolute Gasteiger partial charge is 0.407 e. The lowest BCUT2D eigenvalue weighted by molar-refractivity contribution is 0.0132. The van der Waals surface area contributed by atoms with Crippen LogP contribution in [0, 0.1) is 6.92 Å². The first-order valence-corrected chi connectivity index (χ1v) is 8.52. The molecular formula is C20H25NO5. The summed E-state index contributed by atoms with van der Waals surface area (Å²) in [5.74, 6) is 0. The molecular weight excluding hydrogens is 334 g/mol. The van der Waals surface area contributed by atoms with Gasteiger partial charge in [-0.1, -0.05) is 48.5 Å². The zero-order valence-electron chi connectivity index (χ0n) is 14.8. The molecule has 0 heterocycles. The Morgan fingerprint density at radius 2 is 1.85 bits per heavy atom. The van der Waals surface area contributed by atoms with Crippen LogP contribution in [0.25, 0.3) is 0 Å². The summed E-state index contributed by atoms with van der Waals surface area (Å²) in [6.45, 7) is 2.09. The van der Waals surface area contributed by atoms with E-state index < -0.39 is 18.3 Å². The minimum atomic E-state index is -1.06. The summed E-state index contributed by atoms with van der Waals surface area (Å²) >= 11 is 0. The highest BCUT2D eigenvalue weighted by atomic mass is 16.5. The zero-order chi connectivity index (χ0) is 18.9. The standard InChI is InChI=1S/C20H25NO5/c1-14-11-16(12-22)7-8-17(14)19(24)18(23)9-10-21-20(25)26-13-15-5-3-2-4-6-15/h2-8,11,18-19,22-24H,9-10,12-13H2,1H3,(H,21,25). The van der Waals surface area contributed by atoms with Crippen LogP contribution in [0.3, 0.4) is 0 Å². The van der Waals surface area contributed by atoms with Gasteiger partial charge in [0.05, 0.1) is 12.7 Å². The van der Waals surface area contributed by atoms with Crippen LogP contribution in [0.1, 0.15) is 34.8 Å². The molecule has 2 unspecified atom stereocenters. The SMILES string of the molecule is Cc1cc(CO)ccc1C(O)C(O)CCNC(=O)OCc1ccccc1. The van der Waals surface area contributed by atoms with Gasteiger partial charge in [-0.3, -0.25) is 0 Å². The van der Waals surface area contributed by atoms with E-state index in [1.54, 1.807) is 18.2 Å². The van der Waals surface area contributed by atoms with E-state index in [-0.39, 0.29) is 26.2 Å². The van der Waals surface area contributed by atoms with Gasteiger partial charge in [0.25, 0.3) is 0 Å². The van der Waals surface area contributed by atoms with Gasteiger partial charge < -0.3 is 25.4 Å². The van der Waals surface area contributed by atoms with Gasteiger partial charge in [0.2, 0.25) is 0 Å². The topological polar surface area (TPSA) is 99.0 Å². The van der Waals surface area contributed by atoms with Gasteiger partial charge in [-0.25, -0.2) is 4.79 Å². The summed E-state index contributed by atoms with van der Waals surface area (Å²) in [6.07, 6.45) is -2.48. The van der Waals surface area contributed by atoms with E-state index in [2.05, 4.69) is 5.32 Å². The second-order valence-corrected chi connectivity index (χ2v) is 6.14. The van der Waals surface area contributed by atoms with Crippen LogP contribution in [-0.4, -0.2) is 34.1 Å². The number of carbonyl (C=O) groups excluding carboxylic acids is 1. The van der Waals surface area contributed by atoms with Gasteiger partial charge >= 0.3 is 6.09 Å². The van der Waals surface area contributed by atoms with Gasteiger partial charge in [0.15, 0.2) is 0 Å². The maximum Gasteiger partial charge on any atom is 0.407 e. The summed E-state index contributed by atoms with van der Waals surface area (Å²) in [4.78, 5) is 11.7. The van der Waals surface area contributed by atoms with Crippen LogP contribution < -0.4 is 5.32 Å². The van der Waals surface area contributed by atoms with Crippen molar-refractivity contribution in [3.8, 4) is 0 Å². The minimum Gasteiger partial charge on any atom is -0.445 e. The molecule has 140 valence electrons. The van der Waals surface area contributed by atoms with Crippen LogP contribution in [0.15, 0.2) is 48.5 Å². The second kappa shape index (κ2) is 9.91. The molecule has 2 aromatic carbocycles. The van der Waals surface area contributed by atoms with Crippen LogP contribution in [0.4, 0.5) is 4.79 Å². The fraction of sp³-hybridized carbons (Fsp3) is 0.350. The van der Waals surface area contributed by atoms with E-state index in [1.807, 2.05) is 37.3 Å². The highest BCUT2D eigenvalue weighted by molar-refractivity contribution is 5.67. The molecule has 2 atom stereocenters. The molecule has 0 saturated heterocycles. The molecule has 0 radical (unpaired) electrons. The average molecular weight is 359 g/mol. The van der Waals surface area contributed by atoms with Gasteiger partial charge in [-0.2, -0.15) is 0 Å². The fourth-order valence-electron chi connectivity index (χ4n) is 2.63. The molecule has 0 aliphatic heterocycles. The first-order valence-electron chi connectivity index (χ1n) is 8.52. The van der Waals surface area contributed by atoms with Crippen molar-refractivity contribution in [2.75, 3.05) is 6.54 Å². The number of alkyl carbamates (subject to hydrolysis) is 1. The number of amides is 1. The maximum absolute atomic E-state index is 11.7. The number of aliphatic hydroxyl groups is 3. The molecule has 2 aromatic rings. The van der Waals surface area contributed by atoms with Gasteiger partial charge in [0.1, 0.15) is 12.7 Å². The van der Waals surface area contributed by atoms with Crippen LogP contribution in [-0.2, 0) is 18.0 Å². The molecule has 1 amide bonds. The first-order chi connectivity index (χ1) is 12.5. The number of hydrogen-bond acceptors (Lipinski definition) is 5. The third-order valence-electron chi connectivity index (χ3n) is 4.12. The van der Waals surface area contributed by atoms with Gasteiger partial charge in [-0.05, 0) is 35.6 Å². The van der Waals surface area contributed by atoms with Crippen molar-refractivity contribution >= 4 is 6.09 Å². The van der Waals surface area contributed by atoms with E-state index in [4.69, 9.17) is 9.84 Å². The Balaban J connectivity index is 1.75. The Morgan fingerprint density at radius 3 is 2.50 bits per heavy atom. The van der Waals surface area contributed by atoms with Crippen molar-refractivity contribution in [2.24, 2.45) is 0 Å². The zero-order valence-corrected chi connectivity index (χ0v) is 14.8. The molecule has 2 rings (SSSR count). The van der Waals surface area contributed by atoms with E-state index in [1.165, 1.54) is 0 Å². The third-order valence-corrected chi connectivity index (χ3v) is 4.12. The Bertz CT molecular complexity index is 705. The molecule has 0 saturated carbocycles. The molecule has 0 bridgehead atoms. The van der Waals surface area contributed by atoms with Crippen LogP contribution >= 0.6 is 0 Å². The van der Waals surface area contributed by atoms with Crippen LogP contribution in [0.2, 0.25) is 0 Å². The van der Waals surface area contributed by atoms with Crippen molar-refractivity contribution in [1.29, 1.82) is 0 Å². The van der Waals surface area contributed by atoms with E-state index >= 15 is 0 Å². The number of aryl methyl sites for hydroxylation is 1. The fourth-order valence-corrected chi connectivity index (χ4v) is 2.63. The van der Waals surface area contributed by atoms with E-state index in [9.17, 15) is 15.0 Å². The molecule has 6 heteroatoms. The number of benzene rings is 2. The molecule has 4 N–H and O–H groups in total. The van der Waals surface area contributed by atoms with Gasteiger partial charge in [-0.15, -0.1) is 0 Å². The third kappa shape index (κ3) is 5.84. The first kappa shape index (κ1) is 19.9. The predicted octanol–water partition coefficient (Wildman–Crippen LogP) is 2.20. The van der Waals surface area contributed by atoms with Crippen molar-refractivity contribution in [2.45, 2.75) is 38.8 Å². The number of ether oxygens (including phenoxy) is 1. The highest BCUT2D eigenvalue weighted by Crippen LogP contribution is 2.23. The average Bonchev–Trinajstić information content (AvgIpc) is 2.66. The van der Waals surface area contributed by atoms with Crippen molar-refractivity contribution in [3.63, 3.8) is 0 Å². The maximum atomic E-state index is 11.7. The molecule has 0 fully saturated rings. The largest absolute Gasteiger partial charge is 0.445 e. The lowest BCUT2D eigenvalue weighted by Gasteiger charge is -2.20. The van der Waals surface area contributed by atoms with Crippen molar-refractivity contribution < 1.29 is 24.9 Å². The van der Waals surface area contributed by atoms with E-state index in [0.717, 1.165) is 16.7 Å². The molecule has 0 aliphatic carbocycles. The number of rotatable bonds is 8. The number of hydrogen-bond donors (Lipinski definition) is 4. The second-order valence-electron chi connectivity index (χ2n) is 6.14. The molecule has 26 heavy (non-hydrogen) atoms. The number of aliphatic hydroxyl groups excluding tert-OH is 3. The number of nitrogens with one attached hydrogen (secondary N) is 1. The summed E-state index contributed by atoms with van der Waals surface area (Å²) in [6, 6.07) is 14.5. The van der Waals surface area contributed by atoms with Crippen molar-refractivity contribution in [1.82, 2.24) is 5.32 Å². The summed E-state index contributed by atoms with van der Waals surface area (Å²) in [5.41, 5.74) is 3.02. The summed E-state index contributed by atoms with van der Waals surface area (Å²) in [7, 11) is 0. The molecule has 0 aromatic heterocycles. The van der Waals surface area contributed by atoms with Gasteiger partial charge in [0, 0.05) is 6.54 Å². The Kier molecular flexibility index (Phi) is 7.59. The molecule has 0 aliphatic rings. The molecule has 0 spiro atoms. The quantitative estimate of drug-likeness (QED) is 0.579. The Morgan fingerprint density at radius 1 is 1.12 bits per heavy atom. The normalized spacial score (nSPS) is 13.1. The highest BCUT2D eigenvalue weighted by Gasteiger charge is 2.20. The minimum absolute atomic E-state index is 0.0746. The lowest BCUT2D eigenvalue weighted by Crippen LogP contribution is -2.30. The van der Waals surface area contributed by atoms with E-state index in [0.29, 0.717) is 5.56 Å². The lowest BCUT2D eigenvalue weighted by atomic mass is 9.96. The Hall–Kier alpha value is -2.41. The van der Waals surface area contributed by atoms with Crippen LogP contribution in [0.5, 0.6) is 0 Å². The summed E-state index contributed by atoms with van der Waals surface area (Å²) in [5, 5.41) is 32.1. The Labute approximate surface area is 153 Å². The number of carbonyl (C=O) groups is 1. The summed E-state index contributed by atoms with van der Waals surface area (Å²) < 4.78 is 5.08. The monoisotopic (exact) mass is 359 g/mol. The van der Waals surface area contributed by atoms with Crippen molar-refractivity contribution in [3.05, 3.63) is 70.8 Å². The molecule has 6 nitrogen and oxygen atoms in total. The predicted molar refractivity (Wildman–Crippen MR) is 97.3 cm³/mol.